The summed E-state index contributed by atoms with van der Waals surface area (Å²) in [4.78, 5) is 17.2. The Labute approximate surface area is 111 Å². The van der Waals surface area contributed by atoms with Gasteiger partial charge in [-0.05, 0) is 24.1 Å². The van der Waals surface area contributed by atoms with E-state index < -0.39 is 0 Å². The monoisotopic (exact) mass is 266 g/mol. The molecular weight excluding hydrogens is 252 g/mol. The zero-order chi connectivity index (χ0) is 13.1. The number of rotatable bonds is 4. The molecule has 1 amide bonds. The quantitative estimate of drug-likeness (QED) is 0.798. The molecule has 1 aromatic carbocycles. The third kappa shape index (κ3) is 2.82. The molecule has 0 radical (unpaired) electrons. The van der Waals surface area contributed by atoms with Gasteiger partial charge in [0, 0.05) is 20.5 Å². The van der Waals surface area contributed by atoms with Crippen LogP contribution in [-0.2, 0) is 11.2 Å². The fraction of sp³-hybridized carbons (Fsp3) is 0.385. The molecule has 96 valence electrons. The van der Waals surface area contributed by atoms with E-state index in [0.29, 0.717) is 12.4 Å². The fourth-order valence-electron chi connectivity index (χ4n) is 1.76. The number of nitrogens with zero attached hydrogens (tertiary/aromatic N) is 2. The first kappa shape index (κ1) is 12.9. The van der Waals surface area contributed by atoms with Gasteiger partial charge in [0.15, 0.2) is 11.5 Å². The number of halogens is 1. The van der Waals surface area contributed by atoms with E-state index in [0.717, 1.165) is 23.1 Å². The predicted molar refractivity (Wildman–Crippen MR) is 70.8 cm³/mol. The van der Waals surface area contributed by atoms with E-state index in [4.69, 9.17) is 16.0 Å². The van der Waals surface area contributed by atoms with E-state index in [2.05, 4.69) is 4.98 Å². The van der Waals surface area contributed by atoms with E-state index in [1.807, 2.05) is 25.1 Å². The molecule has 2 rings (SSSR count). The van der Waals surface area contributed by atoms with Gasteiger partial charge in [0.1, 0.15) is 11.4 Å². The lowest BCUT2D eigenvalue weighted by Gasteiger charge is -2.15. The molecule has 1 aromatic heterocycles. The molecule has 4 nitrogen and oxygen atoms in total. The summed E-state index contributed by atoms with van der Waals surface area (Å²) in [7, 11) is 1.75. The van der Waals surface area contributed by atoms with Crippen LogP contribution in [0.1, 0.15) is 11.5 Å². The lowest BCUT2D eigenvalue weighted by molar-refractivity contribution is -0.127. The van der Waals surface area contributed by atoms with E-state index >= 15 is 0 Å². The summed E-state index contributed by atoms with van der Waals surface area (Å²) in [5, 5.41) is 0. The Hall–Kier alpha value is -1.55. The second-order valence-corrected chi connectivity index (χ2v) is 4.50. The maximum Gasteiger partial charge on any atom is 0.237 e. The number of carbonyl (C=O) groups is 1. The first-order chi connectivity index (χ1) is 8.60. The maximum absolute atomic E-state index is 11.3. The van der Waals surface area contributed by atoms with E-state index in [-0.39, 0.29) is 11.8 Å². The van der Waals surface area contributed by atoms with Gasteiger partial charge in [-0.3, -0.25) is 4.79 Å². The van der Waals surface area contributed by atoms with Gasteiger partial charge in [-0.15, -0.1) is 11.6 Å². The zero-order valence-electron chi connectivity index (χ0n) is 10.4. The normalized spacial score (nSPS) is 10.8. The highest BCUT2D eigenvalue weighted by Gasteiger charge is 2.08. The Morgan fingerprint density at radius 3 is 3.00 bits per heavy atom. The van der Waals surface area contributed by atoms with Gasteiger partial charge in [0.25, 0.3) is 0 Å². The molecule has 0 bridgehead atoms. The number of carbonyl (C=O) groups excluding carboxylic acids is 1. The number of aryl methyl sites for hydroxylation is 1. The lowest BCUT2D eigenvalue weighted by Crippen LogP contribution is -2.29. The minimum Gasteiger partial charge on any atom is -0.441 e. The number of fused-ring (bicyclic) bond motifs is 1. The third-order valence-electron chi connectivity index (χ3n) is 2.84. The smallest absolute Gasteiger partial charge is 0.237 e. The average molecular weight is 267 g/mol. The molecule has 0 aliphatic heterocycles. The van der Waals surface area contributed by atoms with E-state index in [1.54, 1.807) is 11.9 Å². The molecule has 0 atom stereocenters. The summed E-state index contributed by atoms with van der Waals surface area (Å²) in [6, 6.07) is 5.90. The van der Waals surface area contributed by atoms with Crippen molar-refractivity contribution in [3.8, 4) is 0 Å². The standard InChI is InChI=1S/C13H15ClN2O2/c1-9-15-11-4-3-10(7-12(11)18-9)5-6-16(2)13(17)8-14/h3-4,7H,5-6,8H2,1-2H3. The van der Waals surface area contributed by atoms with Gasteiger partial charge in [0.2, 0.25) is 5.91 Å². The highest BCUT2D eigenvalue weighted by Crippen LogP contribution is 2.17. The number of amides is 1. The van der Waals surface area contributed by atoms with Crippen LogP contribution in [0.15, 0.2) is 22.6 Å². The Morgan fingerprint density at radius 1 is 1.50 bits per heavy atom. The number of likely N-dealkylation sites (N-methyl/N-ethyl adjacent to an activating group) is 1. The van der Waals surface area contributed by atoms with Crippen molar-refractivity contribution in [3.05, 3.63) is 29.7 Å². The number of hydrogen-bond acceptors (Lipinski definition) is 3. The number of aromatic nitrogens is 1. The van der Waals surface area contributed by atoms with Crippen molar-refractivity contribution in [2.45, 2.75) is 13.3 Å². The highest BCUT2D eigenvalue weighted by atomic mass is 35.5. The van der Waals surface area contributed by atoms with Crippen molar-refractivity contribution in [2.75, 3.05) is 19.5 Å². The molecule has 0 aliphatic carbocycles. The first-order valence-corrected chi connectivity index (χ1v) is 6.29. The minimum atomic E-state index is -0.0618. The largest absolute Gasteiger partial charge is 0.441 e. The Bertz CT molecular complexity index is 565. The van der Waals surface area contributed by atoms with Gasteiger partial charge in [-0.25, -0.2) is 4.98 Å². The summed E-state index contributed by atoms with van der Waals surface area (Å²) in [6.07, 6.45) is 0.773. The Morgan fingerprint density at radius 2 is 2.28 bits per heavy atom. The van der Waals surface area contributed by atoms with Crippen molar-refractivity contribution < 1.29 is 9.21 Å². The zero-order valence-corrected chi connectivity index (χ0v) is 11.2. The van der Waals surface area contributed by atoms with Crippen molar-refractivity contribution in [1.82, 2.24) is 9.88 Å². The van der Waals surface area contributed by atoms with Crippen molar-refractivity contribution in [3.63, 3.8) is 0 Å². The van der Waals surface area contributed by atoms with Crippen molar-refractivity contribution >= 4 is 28.6 Å². The first-order valence-electron chi connectivity index (χ1n) is 5.76. The van der Waals surface area contributed by atoms with Gasteiger partial charge in [-0.1, -0.05) is 6.07 Å². The number of hydrogen-bond donors (Lipinski definition) is 0. The highest BCUT2D eigenvalue weighted by molar-refractivity contribution is 6.27. The second kappa shape index (κ2) is 5.40. The van der Waals surface area contributed by atoms with Crippen LogP contribution >= 0.6 is 11.6 Å². The van der Waals surface area contributed by atoms with Crippen molar-refractivity contribution in [1.29, 1.82) is 0 Å². The van der Waals surface area contributed by atoms with Crippen LogP contribution in [0.5, 0.6) is 0 Å². The molecule has 0 N–H and O–H groups in total. The van der Waals surface area contributed by atoms with Crippen LogP contribution in [0.3, 0.4) is 0 Å². The third-order valence-corrected chi connectivity index (χ3v) is 3.06. The molecule has 2 aromatic rings. The molecule has 0 aliphatic rings. The summed E-state index contributed by atoms with van der Waals surface area (Å²) in [5.41, 5.74) is 2.77. The number of benzene rings is 1. The molecule has 18 heavy (non-hydrogen) atoms. The van der Waals surface area contributed by atoms with Crippen molar-refractivity contribution in [2.24, 2.45) is 0 Å². The average Bonchev–Trinajstić information content (AvgIpc) is 2.74. The summed E-state index contributed by atoms with van der Waals surface area (Å²) < 4.78 is 5.47. The SMILES string of the molecule is Cc1nc2ccc(CCN(C)C(=O)CCl)cc2o1. The fourth-order valence-corrected chi connectivity index (χ4v) is 1.97. The second-order valence-electron chi connectivity index (χ2n) is 4.23. The topological polar surface area (TPSA) is 46.3 Å². The van der Waals surface area contributed by atoms with Crippen LogP contribution in [0.25, 0.3) is 11.1 Å². The summed E-state index contributed by atoms with van der Waals surface area (Å²) in [6.45, 7) is 2.47. The summed E-state index contributed by atoms with van der Waals surface area (Å²) >= 11 is 5.50. The molecule has 0 unspecified atom stereocenters. The molecule has 1 heterocycles. The van der Waals surface area contributed by atoms with E-state index in [1.165, 1.54) is 0 Å². The van der Waals surface area contributed by atoms with Crippen LogP contribution in [0, 0.1) is 6.92 Å². The van der Waals surface area contributed by atoms with Gasteiger partial charge in [0.05, 0.1) is 0 Å². The minimum absolute atomic E-state index is 0.0246. The van der Waals surface area contributed by atoms with Gasteiger partial charge < -0.3 is 9.32 Å². The molecule has 5 heteroatoms. The van der Waals surface area contributed by atoms with Crippen LogP contribution in [0.4, 0.5) is 0 Å². The van der Waals surface area contributed by atoms with Crippen LogP contribution in [-0.4, -0.2) is 35.3 Å². The molecule has 0 fully saturated rings. The molecule has 0 saturated carbocycles. The lowest BCUT2D eigenvalue weighted by atomic mass is 10.1. The van der Waals surface area contributed by atoms with Crippen LogP contribution in [0.2, 0.25) is 0 Å². The maximum atomic E-state index is 11.3. The number of oxazole rings is 1. The number of alkyl halides is 1. The van der Waals surface area contributed by atoms with Gasteiger partial charge in [-0.2, -0.15) is 0 Å². The van der Waals surface area contributed by atoms with Crippen LogP contribution < -0.4 is 0 Å². The van der Waals surface area contributed by atoms with Gasteiger partial charge >= 0.3 is 0 Å². The Balaban J connectivity index is 2.05. The van der Waals surface area contributed by atoms with E-state index in [9.17, 15) is 4.79 Å². The molecular formula is C13H15ClN2O2. The predicted octanol–water partition coefficient (Wildman–Crippen LogP) is 2.38. The molecule has 0 spiro atoms. The summed E-state index contributed by atoms with van der Waals surface area (Å²) in [5.74, 6) is 0.626. The Kier molecular flexibility index (Phi) is 3.87. The molecule has 0 saturated heterocycles.